The second-order valence-corrected chi connectivity index (χ2v) is 5.18. The molecular weight excluding hydrogens is 355 g/mol. The molecule has 10 heteroatoms. The van der Waals surface area contributed by atoms with Gasteiger partial charge in [-0.2, -0.15) is 26.3 Å². The normalized spacial score (nSPS) is 15.3. The van der Waals surface area contributed by atoms with Gasteiger partial charge < -0.3 is 10.8 Å². The maximum absolute atomic E-state index is 13.9. The molecule has 1 aromatic rings. The van der Waals surface area contributed by atoms with Crippen LogP contribution >= 0.6 is 12.4 Å². The van der Waals surface area contributed by atoms with Crippen LogP contribution in [0.5, 0.6) is 0 Å². The van der Waals surface area contributed by atoms with Gasteiger partial charge in [-0.25, -0.2) is 4.39 Å². The van der Waals surface area contributed by atoms with E-state index in [9.17, 15) is 35.8 Å². The quantitative estimate of drug-likeness (QED) is 0.780. The molecule has 0 spiro atoms. The van der Waals surface area contributed by atoms with Gasteiger partial charge in [0.25, 0.3) is 0 Å². The van der Waals surface area contributed by atoms with Crippen molar-refractivity contribution in [3.05, 3.63) is 34.6 Å². The molecule has 0 fully saturated rings. The van der Waals surface area contributed by atoms with Crippen molar-refractivity contribution < 1.29 is 35.8 Å². The highest BCUT2D eigenvalue weighted by Crippen LogP contribution is 2.41. The molecule has 0 amide bonds. The molecule has 0 saturated heterocycles. The van der Waals surface area contributed by atoms with Crippen LogP contribution in [0.15, 0.2) is 12.1 Å². The van der Waals surface area contributed by atoms with Gasteiger partial charge in [-0.1, -0.05) is 13.8 Å². The third-order valence-electron chi connectivity index (χ3n) is 3.15. The number of benzene rings is 1. The van der Waals surface area contributed by atoms with Gasteiger partial charge in [-0.15, -0.1) is 12.4 Å². The van der Waals surface area contributed by atoms with Gasteiger partial charge in [0, 0.05) is 5.56 Å². The molecule has 3 N–H and O–H groups in total. The Kier molecular flexibility index (Phi) is 6.89. The van der Waals surface area contributed by atoms with Crippen molar-refractivity contribution >= 4 is 12.4 Å². The molecule has 2 atom stereocenters. The largest absolute Gasteiger partial charge is 0.416 e. The molecule has 0 aromatic heterocycles. The predicted molar refractivity (Wildman–Crippen MR) is 71.4 cm³/mol. The summed E-state index contributed by atoms with van der Waals surface area (Å²) in [5.74, 6) is -2.37. The minimum absolute atomic E-state index is 0. The van der Waals surface area contributed by atoms with Crippen molar-refractivity contribution in [3.63, 3.8) is 0 Å². The van der Waals surface area contributed by atoms with E-state index in [0.29, 0.717) is 0 Å². The van der Waals surface area contributed by atoms with E-state index in [1.165, 1.54) is 13.8 Å². The third kappa shape index (κ3) is 4.95. The molecule has 0 aliphatic rings. The van der Waals surface area contributed by atoms with Crippen molar-refractivity contribution in [3.8, 4) is 0 Å². The number of aliphatic hydroxyl groups is 1. The Balaban J connectivity index is 0.00000484. The van der Waals surface area contributed by atoms with Gasteiger partial charge in [0.05, 0.1) is 23.3 Å². The molecule has 1 rings (SSSR count). The van der Waals surface area contributed by atoms with Crippen LogP contribution in [0.4, 0.5) is 30.7 Å². The highest BCUT2D eigenvalue weighted by Gasteiger charge is 2.42. The fraction of sp³-hybridized carbons (Fsp3) is 0.538. The van der Waals surface area contributed by atoms with Crippen molar-refractivity contribution in [2.45, 2.75) is 38.3 Å². The first-order valence-electron chi connectivity index (χ1n) is 6.18. The lowest BCUT2D eigenvalue weighted by Gasteiger charge is -2.26. The summed E-state index contributed by atoms with van der Waals surface area (Å²) in [5.41, 5.74) is 0.635. The molecule has 0 aliphatic heterocycles. The van der Waals surface area contributed by atoms with E-state index in [0.717, 1.165) is 0 Å². The minimum Gasteiger partial charge on any atom is -0.391 e. The van der Waals surface area contributed by atoms with Gasteiger partial charge in [-0.3, -0.25) is 0 Å². The van der Waals surface area contributed by atoms with E-state index in [1.807, 2.05) is 0 Å². The van der Waals surface area contributed by atoms with Crippen LogP contribution in [0.2, 0.25) is 0 Å². The second-order valence-electron chi connectivity index (χ2n) is 5.18. The summed E-state index contributed by atoms with van der Waals surface area (Å²) >= 11 is 0. The molecule has 0 heterocycles. The van der Waals surface area contributed by atoms with Crippen LogP contribution in [0, 0.1) is 11.7 Å². The first kappa shape index (κ1) is 21.9. The Morgan fingerprint density at radius 3 is 1.83 bits per heavy atom. The molecule has 1 aromatic carbocycles. The molecule has 134 valence electrons. The summed E-state index contributed by atoms with van der Waals surface area (Å²) in [7, 11) is 0. The van der Waals surface area contributed by atoms with Crippen LogP contribution in [0.1, 0.15) is 36.6 Å². The van der Waals surface area contributed by atoms with Crippen LogP contribution < -0.4 is 5.73 Å². The molecule has 0 radical (unpaired) electrons. The highest BCUT2D eigenvalue weighted by molar-refractivity contribution is 5.85. The summed E-state index contributed by atoms with van der Waals surface area (Å²) in [6.07, 6.45) is -11.9. The number of alkyl halides is 6. The zero-order valence-electron chi connectivity index (χ0n) is 12.0. The number of halogens is 8. The Morgan fingerprint density at radius 1 is 1.00 bits per heavy atom. The standard InChI is InChI=1S/C13H14F7NO.ClH/c1-5(2)11(22)10(21)9-7(13(18,19)20)3-6(4-8(9)14)12(15,16)17;/h3-5,10-11,22H,21H2,1-2H3;1H/t10-,11+;/m1./s1. The summed E-state index contributed by atoms with van der Waals surface area (Å²) in [4.78, 5) is 0. The van der Waals surface area contributed by atoms with Gasteiger partial charge in [0.2, 0.25) is 0 Å². The molecule has 2 nitrogen and oxygen atoms in total. The topological polar surface area (TPSA) is 46.2 Å². The SMILES string of the molecule is CC(C)[C@H](O)[C@H](N)c1c(F)cc(C(F)(F)F)cc1C(F)(F)F.Cl. The Labute approximate surface area is 133 Å². The van der Waals surface area contributed by atoms with E-state index < -0.39 is 52.9 Å². The number of hydrogen-bond donors (Lipinski definition) is 2. The maximum Gasteiger partial charge on any atom is 0.416 e. The first-order chi connectivity index (χ1) is 9.76. The van der Waals surface area contributed by atoms with Crippen LogP contribution in [0.3, 0.4) is 0 Å². The van der Waals surface area contributed by atoms with E-state index in [1.54, 1.807) is 0 Å². The zero-order valence-corrected chi connectivity index (χ0v) is 12.8. The average molecular weight is 370 g/mol. The highest BCUT2D eigenvalue weighted by atomic mass is 35.5. The average Bonchev–Trinajstić information content (AvgIpc) is 2.33. The van der Waals surface area contributed by atoms with Gasteiger partial charge in [0.1, 0.15) is 5.82 Å². The van der Waals surface area contributed by atoms with Crippen molar-refractivity contribution in [2.75, 3.05) is 0 Å². The molecule has 0 saturated carbocycles. The van der Waals surface area contributed by atoms with E-state index in [4.69, 9.17) is 5.73 Å². The lowest BCUT2D eigenvalue weighted by molar-refractivity contribution is -0.144. The Bertz CT molecular complexity index is 542. The van der Waals surface area contributed by atoms with E-state index in [-0.39, 0.29) is 24.5 Å². The lowest BCUT2D eigenvalue weighted by Crippen LogP contribution is -2.33. The smallest absolute Gasteiger partial charge is 0.391 e. The van der Waals surface area contributed by atoms with Crippen LogP contribution in [-0.4, -0.2) is 11.2 Å². The van der Waals surface area contributed by atoms with Crippen molar-refractivity contribution in [2.24, 2.45) is 11.7 Å². The summed E-state index contributed by atoms with van der Waals surface area (Å²) < 4.78 is 90.3. The lowest BCUT2D eigenvalue weighted by atomic mass is 9.89. The number of aliphatic hydroxyl groups excluding tert-OH is 1. The fourth-order valence-corrected chi connectivity index (χ4v) is 1.94. The zero-order chi connectivity index (χ0) is 17.5. The second kappa shape index (κ2) is 7.23. The summed E-state index contributed by atoms with van der Waals surface area (Å²) in [5, 5.41) is 9.71. The van der Waals surface area contributed by atoms with Crippen molar-refractivity contribution in [1.82, 2.24) is 0 Å². The fourth-order valence-electron chi connectivity index (χ4n) is 1.94. The molecular formula is C13H15ClF7NO. The number of nitrogens with two attached hydrogens (primary N) is 1. The van der Waals surface area contributed by atoms with Crippen LogP contribution in [0.25, 0.3) is 0 Å². The first-order valence-corrected chi connectivity index (χ1v) is 6.18. The number of hydrogen-bond acceptors (Lipinski definition) is 2. The molecule has 23 heavy (non-hydrogen) atoms. The molecule has 0 aliphatic carbocycles. The Morgan fingerprint density at radius 2 is 1.48 bits per heavy atom. The summed E-state index contributed by atoms with van der Waals surface area (Å²) in [6.45, 7) is 2.86. The van der Waals surface area contributed by atoms with Gasteiger partial charge in [-0.05, 0) is 18.1 Å². The van der Waals surface area contributed by atoms with Gasteiger partial charge in [0.15, 0.2) is 0 Å². The monoisotopic (exact) mass is 369 g/mol. The maximum atomic E-state index is 13.9. The van der Waals surface area contributed by atoms with Gasteiger partial charge >= 0.3 is 12.4 Å². The van der Waals surface area contributed by atoms with Crippen LogP contribution in [-0.2, 0) is 12.4 Å². The minimum atomic E-state index is -5.24. The molecule has 0 unspecified atom stereocenters. The molecule has 0 bridgehead atoms. The summed E-state index contributed by atoms with van der Waals surface area (Å²) in [6, 6.07) is -2.07. The Hall–Kier alpha value is -1.06. The van der Waals surface area contributed by atoms with E-state index in [2.05, 4.69) is 0 Å². The third-order valence-corrected chi connectivity index (χ3v) is 3.15. The van der Waals surface area contributed by atoms with Crippen molar-refractivity contribution in [1.29, 1.82) is 0 Å². The number of rotatable bonds is 3. The predicted octanol–water partition coefficient (Wildman–Crippen LogP) is 4.30. The van der Waals surface area contributed by atoms with E-state index >= 15 is 0 Å².